The average molecular weight is 904 g/mol. The van der Waals surface area contributed by atoms with Crippen LogP contribution in [0, 0.1) is 0 Å². The third-order valence-electron chi connectivity index (χ3n) is 15.1. The van der Waals surface area contributed by atoms with E-state index in [1.165, 1.54) is 82.4 Å². The van der Waals surface area contributed by atoms with Gasteiger partial charge in [-0.15, -0.1) is 0 Å². The van der Waals surface area contributed by atoms with Crippen LogP contribution in [0.15, 0.2) is 255 Å². The highest BCUT2D eigenvalue weighted by molar-refractivity contribution is 6.25. The number of allylic oxidation sites excluding steroid dienone is 4. The first-order valence-electron chi connectivity index (χ1n) is 24.6. The number of rotatable bonds is 8. The highest BCUT2D eigenvalue weighted by Gasteiger charge is 2.46. The normalized spacial score (nSPS) is 14.6. The maximum atomic E-state index is 5.14. The van der Waals surface area contributed by atoms with Gasteiger partial charge in [0.05, 0.1) is 5.41 Å². The molecule has 0 N–H and O–H groups in total. The summed E-state index contributed by atoms with van der Waals surface area (Å²) in [6.07, 6.45) is 9.40. The molecule has 3 nitrogen and oxygen atoms in total. The van der Waals surface area contributed by atoms with E-state index in [9.17, 15) is 0 Å². The van der Waals surface area contributed by atoms with Gasteiger partial charge in [0.15, 0.2) is 11.6 Å². The minimum Gasteiger partial charge on any atom is -0.212 e. The summed E-state index contributed by atoms with van der Waals surface area (Å²) >= 11 is 0. The summed E-state index contributed by atoms with van der Waals surface area (Å²) in [5, 5.41) is 7.78. The van der Waals surface area contributed by atoms with Crippen molar-refractivity contribution < 1.29 is 0 Å². The first-order valence-corrected chi connectivity index (χ1v) is 24.6. The zero-order chi connectivity index (χ0) is 46.9. The Kier molecular flexibility index (Phi) is 9.57. The van der Waals surface area contributed by atoms with E-state index in [0.29, 0.717) is 11.6 Å². The van der Waals surface area contributed by atoms with Gasteiger partial charge in [-0.3, -0.25) is 0 Å². The van der Waals surface area contributed by atoms with Crippen molar-refractivity contribution in [3.05, 3.63) is 283 Å². The van der Waals surface area contributed by atoms with Gasteiger partial charge in [-0.1, -0.05) is 243 Å². The third kappa shape index (κ3) is 6.69. The largest absolute Gasteiger partial charge is 0.212 e. The molecule has 332 valence electrons. The van der Waals surface area contributed by atoms with Gasteiger partial charge in [0.1, 0.15) is 5.82 Å². The number of fused-ring (bicyclic) bond motifs is 3. The van der Waals surface area contributed by atoms with E-state index in [-0.39, 0.29) is 5.92 Å². The van der Waals surface area contributed by atoms with Gasteiger partial charge in [0.25, 0.3) is 0 Å². The summed E-state index contributed by atoms with van der Waals surface area (Å²) < 4.78 is 0. The van der Waals surface area contributed by atoms with E-state index in [0.717, 1.165) is 40.1 Å². The smallest absolute Gasteiger partial charge is 0.163 e. The zero-order valence-electron chi connectivity index (χ0n) is 38.9. The molecule has 0 fully saturated rings. The first kappa shape index (κ1) is 41.0. The number of nitrogens with zero attached hydrogens (tertiary/aromatic N) is 3. The van der Waals surface area contributed by atoms with E-state index in [4.69, 9.17) is 15.0 Å². The number of hydrogen-bond acceptors (Lipinski definition) is 3. The van der Waals surface area contributed by atoms with Crippen molar-refractivity contribution in [1.82, 2.24) is 15.0 Å². The lowest BCUT2D eigenvalue weighted by molar-refractivity contribution is 0.764. The fraction of sp³-hybridized carbons (Fsp3) is 0.0441. The van der Waals surface area contributed by atoms with Crippen molar-refractivity contribution >= 4 is 32.3 Å². The van der Waals surface area contributed by atoms with E-state index in [1.54, 1.807) is 0 Å². The van der Waals surface area contributed by atoms with E-state index < -0.39 is 5.41 Å². The molecular formula is C68H45N3. The van der Waals surface area contributed by atoms with Gasteiger partial charge in [-0.25, -0.2) is 15.0 Å². The molecule has 0 aliphatic heterocycles. The fourth-order valence-corrected chi connectivity index (χ4v) is 11.7. The molecule has 0 saturated heterocycles. The van der Waals surface area contributed by atoms with Crippen LogP contribution in [-0.2, 0) is 5.41 Å². The highest BCUT2D eigenvalue weighted by Crippen LogP contribution is 2.58. The molecule has 0 spiro atoms. The van der Waals surface area contributed by atoms with Crippen LogP contribution in [0.1, 0.15) is 40.4 Å². The quantitative estimate of drug-likeness (QED) is 0.143. The Morgan fingerprint density at radius 3 is 1.44 bits per heavy atom. The average Bonchev–Trinajstić information content (AvgIpc) is 3.75. The Morgan fingerprint density at radius 1 is 0.352 bits per heavy atom. The number of benzene rings is 11. The van der Waals surface area contributed by atoms with Crippen LogP contribution in [0.25, 0.3) is 99.6 Å². The van der Waals surface area contributed by atoms with Crippen LogP contribution < -0.4 is 0 Å². The Bertz CT molecular complexity index is 3990. The van der Waals surface area contributed by atoms with Crippen LogP contribution >= 0.6 is 0 Å². The topological polar surface area (TPSA) is 38.7 Å². The SMILES string of the molecule is C1=CCC(c2nc(-c3ccc(-c4ccccc4)cc3)nc(-c3ccc(-c4ccc5c(c4)C(c4ccccc4)(c4ccccc4)c4cc(-c6ccc7ccc8cccc9ccc6c7c89)ccc4-5)cc3)n2)C=C1. The first-order chi connectivity index (χ1) is 35.2. The van der Waals surface area contributed by atoms with Gasteiger partial charge in [0.2, 0.25) is 0 Å². The molecule has 1 unspecified atom stereocenters. The van der Waals surface area contributed by atoms with Crippen LogP contribution in [0.5, 0.6) is 0 Å². The Labute approximate surface area is 413 Å². The van der Waals surface area contributed by atoms with Crippen molar-refractivity contribution in [2.24, 2.45) is 0 Å². The summed E-state index contributed by atoms with van der Waals surface area (Å²) in [5.41, 5.74) is 16.0. The molecule has 1 atom stereocenters. The van der Waals surface area contributed by atoms with Gasteiger partial charge in [0, 0.05) is 17.0 Å². The molecule has 71 heavy (non-hydrogen) atoms. The summed E-state index contributed by atoms with van der Waals surface area (Å²) in [6.45, 7) is 0. The molecule has 1 aromatic heterocycles. The predicted molar refractivity (Wildman–Crippen MR) is 294 cm³/mol. The minimum absolute atomic E-state index is 0.0744. The fourth-order valence-electron chi connectivity index (χ4n) is 11.7. The maximum absolute atomic E-state index is 5.14. The molecule has 0 saturated carbocycles. The third-order valence-corrected chi connectivity index (χ3v) is 15.1. The Morgan fingerprint density at radius 2 is 0.831 bits per heavy atom. The lowest BCUT2D eigenvalue weighted by Crippen LogP contribution is -2.28. The van der Waals surface area contributed by atoms with Gasteiger partial charge in [-0.2, -0.15) is 0 Å². The highest BCUT2D eigenvalue weighted by atomic mass is 15.0. The summed E-state index contributed by atoms with van der Waals surface area (Å²) in [5.74, 6) is 2.20. The van der Waals surface area contributed by atoms with Crippen molar-refractivity contribution in [2.75, 3.05) is 0 Å². The summed E-state index contributed by atoms with van der Waals surface area (Å²) in [7, 11) is 0. The van der Waals surface area contributed by atoms with Crippen LogP contribution in [0.2, 0.25) is 0 Å². The van der Waals surface area contributed by atoms with Crippen molar-refractivity contribution in [3.8, 4) is 67.3 Å². The molecule has 3 heteroatoms. The van der Waals surface area contributed by atoms with Crippen molar-refractivity contribution in [1.29, 1.82) is 0 Å². The molecule has 2 aliphatic rings. The second-order valence-corrected chi connectivity index (χ2v) is 19.0. The molecule has 0 radical (unpaired) electrons. The van der Waals surface area contributed by atoms with Crippen LogP contribution in [0.4, 0.5) is 0 Å². The summed E-state index contributed by atoms with van der Waals surface area (Å²) in [6, 6.07) is 84.7. The molecule has 11 aromatic carbocycles. The standard InChI is InChI=1S/C68H45N3/c1-5-14-44(15-6-1)45-24-30-51(31-25-45)66-69-65(50-16-7-2-8-17-50)70-67(71-66)52-32-26-46(27-33-52)53-36-39-58-59-40-37-54(57-38-34-49-29-28-47-18-13-19-48-35-41-60(57)64(49)63(47)48)43-62(59)68(61(58)42-53,55-20-9-3-10-21-55)56-22-11-4-12-23-56/h1-16,18-43,50H,17H2. The van der Waals surface area contributed by atoms with Crippen LogP contribution in [-0.4, -0.2) is 15.0 Å². The molecule has 2 aliphatic carbocycles. The molecule has 0 amide bonds. The minimum atomic E-state index is -0.581. The van der Waals surface area contributed by atoms with E-state index in [2.05, 4.69) is 249 Å². The monoisotopic (exact) mass is 903 g/mol. The molecular weight excluding hydrogens is 859 g/mol. The molecule has 12 aromatic rings. The molecule has 14 rings (SSSR count). The number of hydrogen-bond donors (Lipinski definition) is 0. The van der Waals surface area contributed by atoms with Crippen molar-refractivity contribution in [3.63, 3.8) is 0 Å². The second-order valence-electron chi connectivity index (χ2n) is 19.0. The zero-order valence-corrected chi connectivity index (χ0v) is 38.9. The Balaban J connectivity index is 0.887. The number of aromatic nitrogens is 3. The second kappa shape index (κ2) is 16.6. The van der Waals surface area contributed by atoms with Gasteiger partial charge >= 0.3 is 0 Å². The lowest BCUT2D eigenvalue weighted by atomic mass is 9.67. The predicted octanol–water partition coefficient (Wildman–Crippen LogP) is 17.1. The molecule has 0 bridgehead atoms. The van der Waals surface area contributed by atoms with Crippen LogP contribution in [0.3, 0.4) is 0 Å². The van der Waals surface area contributed by atoms with Gasteiger partial charge in [-0.05, 0) is 118 Å². The summed E-state index contributed by atoms with van der Waals surface area (Å²) in [4.78, 5) is 15.3. The lowest BCUT2D eigenvalue weighted by Gasteiger charge is -2.34. The maximum Gasteiger partial charge on any atom is 0.163 e. The van der Waals surface area contributed by atoms with E-state index >= 15 is 0 Å². The van der Waals surface area contributed by atoms with Gasteiger partial charge < -0.3 is 0 Å². The van der Waals surface area contributed by atoms with Crippen molar-refractivity contribution in [2.45, 2.75) is 17.8 Å². The molecule has 1 heterocycles. The Hall–Kier alpha value is -9.05. The van der Waals surface area contributed by atoms with E-state index in [1.807, 2.05) is 6.07 Å².